The Hall–Kier alpha value is -5.58. The summed E-state index contributed by atoms with van der Waals surface area (Å²) in [5.41, 5.74) is 10.1. The van der Waals surface area contributed by atoms with Crippen molar-refractivity contribution in [1.82, 2.24) is 4.57 Å². The van der Waals surface area contributed by atoms with Gasteiger partial charge in [-0.25, -0.2) is 0 Å². The van der Waals surface area contributed by atoms with Crippen molar-refractivity contribution in [2.24, 2.45) is 0 Å². The Morgan fingerprint density at radius 3 is 1.04 bits per heavy atom. The average molecular weight is 657 g/mol. The van der Waals surface area contributed by atoms with Crippen LogP contribution in [0.15, 0.2) is 186 Å². The monoisotopic (exact) mass is 655 g/mol. The first-order valence-corrected chi connectivity index (χ1v) is 16.2. The summed E-state index contributed by atoms with van der Waals surface area (Å²) in [6.45, 7) is 0. The molecule has 0 atom stereocenters. The number of hydrogen-bond donors (Lipinski definition) is 0. The summed E-state index contributed by atoms with van der Waals surface area (Å²) in [5, 5.41) is 2.38. The van der Waals surface area contributed by atoms with Crippen molar-refractivity contribution in [1.29, 1.82) is 0 Å². The molecular formula is C42H30BrN3. The van der Waals surface area contributed by atoms with E-state index in [9.17, 15) is 0 Å². The van der Waals surface area contributed by atoms with Crippen molar-refractivity contribution in [2.75, 3.05) is 9.80 Å². The number of rotatable bonds is 7. The number of hydrogen-bond acceptors (Lipinski definition) is 2. The molecule has 0 aliphatic carbocycles. The van der Waals surface area contributed by atoms with Crippen molar-refractivity contribution in [2.45, 2.75) is 0 Å². The van der Waals surface area contributed by atoms with E-state index in [1.165, 1.54) is 10.8 Å². The minimum atomic E-state index is 1.06. The number of para-hydroxylation sites is 4. The van der Waals surface area contributed by atoms with Crippen molar-refractivity contribution < 1.29 is 0 Å². The third-order valence-corrected chi connectivity index (χ3v) is 8.92. The van der Waals surface area contributed by atoms with Gasteiger partial charge in [0.25, 0.3) is 0 Å². The van der Waals surface area contributed by atoms with Gasteiger partial charge in [-0.05, 0) is 109 Å². The van der Waals surface area contributed by atoms with Gasteiger partial charge >= 0.3 is 0 Å². The van der Waals surface area contributed by atoms with Crippen molar-refractivity contribution in [3.05, 3.63) is 186 Å². The van der Waals surface area contributed by atoms with Gasteiger partial charge in [0.15, 0.2) is 0 Å². The molecule has 1 heterocycles. The first-order valence-electron chi connectivity index (χ1n) is 15.4. The normalized spacial score (nSPS) is 11.2. The van der Waals surface area contributed by atoms with Gasteiger partial charge in [-0.15, -0.1) is 0 Å². The van der Waals surface area contributed by atoms with Crippen LogP contribution in [0, 0.1) is 0 Å². The van der Waals surface area contributed by atoms with Crippen molar-refractivity contribution >= 4 is 71.9 Å². The summed E-state index contributed by atoms with van der Waals surface area (Å²) in [7, 11) is 0. The summed E-state index contributed by atoms with van der Waals surface area (Å²) >= 11 is 3.63. The summed E-state index contributed by atoms with van der Waals surface area (Å²) < 4.78 is 3.43. The molecular weight excluding hydrogens is 626 g/mol. The van der Waals surface area contributed by atoms with Crippen LogP contribution in [-0.4, -0.2) is 4.57 Å². The van der Waals surface area contributed by atoms with Crippen LogP contribution in [0.2, 0.25) is 0 Å². The Labute approximate surface area is 277 Å². The molecule has 0 fully saturated rings. The molecule has 0 saturated heterocycles. The predicted octanol–water partition coefficient (Wildman–Crippen LogP) is 12.5. The number of anilines is 6. The zero-order valence-corrected chi connectivity index (χ0v) is 26.6. The van der Waals surface area contributed by atoms with Crippen molar-refractivity contribution in [3.8, 4) is 5.69 Å². The molecule has 0 aliphatic heterocycles. The predicted molar refractivity (Wildman–Crippen MR) is 198 cm³/mol. The van der Waals surface area contributed by atoms with E-state index in [0.717, 1.165) is 55.3 Å². The van der Waals surface area contributed by atoms with Gasteiger partial charge < -0.3 is 14.4 Å². The highest BCUT2D eigenvalue weighted by Crippen LogP contribution is 2.42. The fraction of sp³-hybridized carbons (Fsp3) is 0. The molecule has 0 spiro atoms. The lowest BCUT2D eigenvalue weighted by Gasteiger charge is -2.26. The molecule has 0 aliphatic rings. The van der Waals surface area contributed by atoms with Crippen LogP contribution >= 0.6 is 15.9 Å². The summed E-state index contributed by atoms with van der Waals surface area (Å²) in [5.74, 6) is 0. The Morgan fingerprint density at radius 2 is 0.696 bits per heavy atom. The lowest BCUT2D eigenvalue weighted by Crippen LogP contribution is -2.09. The topological polar surface area (TPSA) is 11.4 Å². The maximum atomic E-state index is 3.63. The van der Waals surface area contributed by atoms with Gasteiger partial charge in [0.05, 0.1) is 11.0 Å². The quantitative estimate of drug-likeness (QED) is 0.169. The molecule has 0 bridgehead atoms. The average Bonchev–Trinajstić information content (AvgIpc) is 3.44. The van der Waals surface area contributed by atoms with Crippen LogP contribution in [0.4, 0.5) is 34.1 Å². The molecule has 0 saturated carbocycles. The van der Waals surface area contributed by atoms with E-state index in [1.807, 2.05) is 0 Å². The number of fused-ring (bicyclic) bond motifs is 3. The van der Waals surface area contributed by atoms with Crippen LogP contribution in [-0.2, 0) is 0 Å². The second-order valence-electron chi connectivity index (χ2n) is 11.2. The van der Waals surface area contributed by atoms with Crippen LogP contribution < -0.4 is 9.80 Å². The summed E-state index contributed by atoms with van der Waals surface area (Å²) in [4.78, 5) is 4.65. The Kier molecular flexibility index (Phi) is 7.33. The molecule has 0 N–H and O–H groups in total. The van der Waals surface area contributed by atoms with Crippen molar-refractivity contribution in [3.63, 3.8) is 0 Å². The molecule has 220 valence electrons. The van der Waals surface area contributed by atoms with Crippen LogP contribution in [0.1, 0.15) is 0 Å². The maximum Gasteiger partial charge on any atom is 0.0542 e. The van der Waals surface area contributed by atoms with Gasteiger partial charge in [0.2, 0.25) is 0 Å². The Balaban J connectivity index is 1.39. The van der Waals surface area contributed by atoms with E-state index >= 15 is 0 Å². The zero-order chi connectivity index (χ0) is 30.9. The largest absolute Gasteiger partial charge is 0.310 e. The molecule has 4 heteroatoms. The number of aromatic nitrogens is 1. The van der Waals surface area contributed by atoms with E-state index in [1.54, 1.807) is 0 Å². The second kappa shape index (κ2) is 12.1. The number of halogens is 1. The molecule has 0 amide bonds. The van der Waals surface area contributed by atoms with Crippen LogP contribution in [0.3, 0.4) is 0 Å². The van der Waals surface area contributed by atoms with Gasteiger partial charge in [-0.3, -0.25) is 0 Å². The smallest absolute Gasteiger partial charge is 0.0542 e. The molecule has 1 aromatic heterocycles. The molecule has 8 aromatic rings. The lowest BCUT2D eigenvalue weighted by atomic mass is 10.1. The van der Waals surface area contributed by atoms with Crippen LogP contribution in [0.5, 0.6) is 0 Å². The minimum Gasteiger partial charge on any atom is -0.310 e. The van der Waals surface area contributed by atoms with Gasteiger partial charge in [-0.2, -0.15) is 0 Å². The highest BCUT2D eigenvalue weighted by molar-refractivity contribution is 9.10. The van der Waals surface area contributed by atoms with E-state index in [0.29, 0.717) is 0 Å². The Bertz CT molecular complexity index is 2030. The number of benzene rings is 7. The standard InChI is InChI=1S/C42H30BrN3/c43-31-21-23-36(24-22-31)46-41-27-25-37(44(32-13-5-1-6-14-32)33-15-7-2-8-16-33)29-39(41)40-30-38(26-28-42(40)46)45(34-17-9-3-10-18-34)35-19-11-4-12-20-35/h1-30H. The first-order chi connectivity index (χ1) is 22.7. The molecule has 0 unspecified atom stereocenters. The summed E-state index contributed by atoms with van der Waals surface area (Å²) in [6, 6.07) is 64.6. The first kappa shape index (κ1) is 27.9. The highest BCUT2D eigenvalue weighted by Gasteiger charge is 2.19. The van der Waals surface area contributed by atoms with Gasteiger partial charge in [-0.1, -0.05) is 88.7 Å². The number of nitrogens with zero attached hydrogens (tertiary/aromatic N) is 3. The van der Waals surface area contributed by atoms with E-state index in [2.05, 4.69) is 212 Å². The molecule has 0 radical (unpaired) electrons. The zero-order valence-electron chi connectivity index (χ0n) is 25.0. The molecule has 3 nitrogen and oxygen atoms in total. The fourth-order valence-electron chi connectivity index (χ4n) is 6.35. The lowest BCUT2D eigenvalue weighted by molar-refractivity contribution is 1.18. The Morgan fingerprint density at radius 1 is 0.348 bits per heavy atom. The minimum absolute atomic E-state index is 1.06. The van der Waals surface area contributed by atoms with E-state index < -0.39 is 0 Å². The SMILES string of the molecule is Brc1ccc(-n2c3ccc(N(c4ccccc4)c4ccccc4)cc3c3cc(N(c4ccccc4)c4ccccc4)ccc32)cc1. The highest BCUT2D eigenvalue weighted by atomic mass is 79.9. The third kappa shape index (κ3) is 5.13. The van der Waals surface area contributed by atoms with E-state index in [4.69, 9.17) is 0 Å². The maximum absolute atomic E-state index is 3.63. The van der Waals surface area contributed by atoms with E-state index in [-0.39, 0.29) is 0 Å². The summed E-state index contributed by atoms with van der Waals surface area (Å²) in [6.07, 6.45) is 0. The van der Waals surface area contributed by atoms with Crippen LogP contribution in [0.25, 0.3) is 27.5 Å². The van der Waals surface area contributed by atoms with Gasteiger partial charge in [0.1, 0.15) is 0 Å². The third-order valence-electron chi connectivity index (χ3n) is 8.39. The second-order valence-corrected chi connectivity index (χ2v) is 12.1. The molecule has 46 heavy (non-hydrogen) atoms. The van der Waals surface area contributed by atoms with Gasteiger partial charge in [0, 0.05) is 55.1 Å². The molecule has 8 rings (SSSR count). The fourth-order valence-corrected chi connectivity index (χ4v) is 6.61. The molecule has 7 aromatic carbocycles.